The minimum Gasteiger partial charge on any atom is -0.355 e. The second-order valence-corrected chi connectivity index (χ2v) is 6.37. The molecule has 0 aromatic rings. The van der Waals surface area contributed by atoms with Crippen LogP contribution >= 0.6 is 0 Å². The summed E-state index contributed by atoms with van der Waals surface area (Å²) in [4.78, 5) is 25.8. The Kier molecular flexibility index (Phi) is 10.0. The molecular weight excluding hydrogens is 266 g/mol. The molecule has 0 unspecified atom stereocenters. The average Bonchev–Trinajstić information content (AvgIpc) is 2.42. The predicted octanol–water partition coefficient (Wildman–Crippen LogP) is 1.91. The van der Waals surface area contributed by atoms with Crippen molar-refractivity contribution in [2.24, 2.45) is 11.1 Å². The van der Waals surface area contributed by atoms with Crippen LogP contribution in [0.2, 0.25) is 0 Å². The third-order valence-electron chi connectivity index (χ3n) is 3.59. The van der Waals surface area contributed by atoms with Gasteiger partial charge in [-0.15, -0.1) is 0 Å². The van der Waals surface area contributed by atoms with Crippen molar-refractivity contribution >= 4 is 11.8 Å². The van der Waals surface area contributed by atoms with Crippen molar-refractivity contribution in [3.63, 3.8) is 0 Å². The van der Waals surface area contributed by atoms with E-state index in [2.05, 4.69) is 19.2 Å². The maximum absolute atomic E-state index is 12.3. The lowest BCUT2D eigenvalue weighted by atomic mass is 9.84. The van der Waals surface area contributed by atoms with Crippen molar-refractivity contribution in [2.45, 2.75) is 59.8 Å². The van der Waals surface area contributed by atoms with Gasteiger partial charge in [-0.05, 0) is 37.6 Å². The van der Waals surface area contributed by atoms with E-state index in [1.165, 1.54) is 0 Å². The van der Waals surface area contributed by atoms with Crippen LogP contribution in [0.15, 0.2) is 0 Å². The van der Waals surface area contributed by atoms with Gasteiger partial charge in [-0.25, -0.2) is 0 Å². The summed E-state index contributed by atoms with van der Waals surface area (Å²) in [5.41, 5.74) is 5.67. The zero-order chi connectivity index (χ0) is 16.3. The third-order valence-corrected chi connectivity index (χ3v) is 3.59. The molecule has 124 valence electrons. The SMILES string of the molecule is CCCNC(=O)CN(CCC)C(=O)CCC(C)(C)CCN. The first kappa shape index (κ1) is 19.9. The molecule has 21 heavy (non-hydrogen) atoms. The molecule has 0 spiro atoms. The highest BCUT2D eigenvalue weighted by molar-refractivity contribution is 5.84. The molecule has 0 aromatic heterocycles. The van der Waals surface area contributed by atoms with E-state index in [-0.39, 0.29) is 23.8 Å². The van der Waals surface area contributed by atoms with Crippen LogP contribution in [-0.4, -0.2) is 42.9 Å². The summed E-state index contributed by atoms with van der Waals surface area (Å²) in [6, 6.07) is 0. The number of carbonyl (C=O) groups excluding carboxylic acids is 2. The fraction of sp³-hybridized carbons (Fsp3) is 0.875. The summed E-state index contributed by atoms with van der Waals surface area (Å²) in [5, 5.41) is 2.82. The van der Waals surface area contributed by atoms with E-state index in [1.807, 2.05) is 13.8 Å². The Hall–Kier alpha value is -1.10. The average molecular weight is 299 g/mol. The molecule has 0 fully saturated rings. The van der Waals surface area contributed by atoms with Crippen LogP contribution in [0.5, 0.6) is 0 Å². The van der Waals surface area contributed by atoms with Crippen LogP contribution in [0.4, 0.5) is 0 Å². The zero-order valence-electron chi connectivity index (χ0n) is 14.2. The van der Waals surface area contributed by atoms with Gasteiger partial charge in [-0.3, -0.25) is 9.59 Å². The minimum absolute atomic E-state index is 0.0635. The summed E-state index contributed by atoms with van der Waals surface area (Å²) in [5.74, 6) is -0.00605. The van der Waals surface area contributed by atoms with Crippen LogP contribution in [0.25, 0.3) is 0 Å². The molecule has 2 amide bonds. The van der Waals surface area contributed by atoms with E-state index in [0.717, 1.165) is 25.7 Å². The van der Waals surface area contributed by atoms with Crippen molar-refractivity contribution in [1.29, 1.82) is 0 Å². The van der Waals surface area contributed by atoms with Crippen LogP contribution in [0, 0.1) is 5.41 Å². The largest absolute Gasteiger partial charge is 0.355 e. The summed E-state index contributed by atoms with van der Waals surface area (Å²) < 4.78 is 0. The summed E-state index contributed by atoms with van der Waals surface area (Å²) in [7, 11) is 0. The molecule has 5 nitrogen and oxygen atoms in total. The number of nitrogens with one attached hydrogen (secondary N) is 1. The molecule has 0 saturated heterocycles. The molecule has 0 heterocycles. The smallest absolute Gasteiger partial charge is 0.239 e. The van der Waals surface area contributed by atoms with Crippen LogP contribution in [-0.2, 0) is 9.59 Å². The number of carbonyl (C=O) groups is 2. The molecule has 0 radical (unpaired) electrons. The van der Waals surface area contributed by atoms with E-state index in [1.54, 1.807) is 4.90 Å². The summed E-state index contributed by atoms with van der Waals surface area (Å²) in [6.45, 7) is 10.4. The first-order chi connectivity index (χ1) is 9.86. The lowest BCUT2D eigenvalue weighted by Crippen LogP contribution is -2.41. The van der Waals surface area contributed by atoms with Gasteiger partial charge in [0, 0.05) is 19.5 Å². The maximum atomic E-state index is 12.3. The Bertz CT molecular complexity index is 317. The van der Waals surface area contributed by atoms with Crippen molar-refractivity contribution < 1.29 is 9.59 Å². The first-order valence-electron chi connectivity index (χ1n) is 8.10. The Morgan fingerprint density at radius 1 is 1.14 bits per heavy atom. The number of hydrogen-bond acceptors (Lipinski definition) is 3. The fourth-order valence-electron chi connectivity index (χ4n) is 2.17. The normalized spacial score (nSPS) is 11.3. The highest BCUT2D eigenvalue weighted by Crippen LogP contribution is 2.26. The number of hydrogen-bond donors (Lipinski definition) is 2. The molecule has 0 saturated carbocycles. The maximum Gasteiger partial charge on any atom is 0.239 e. The van der Waals surface area contributed by atoms with E-state index >= 15 is 0 Å². The third kappa shape index (κ3) is 9.45. The molecule has 0 bridgehead atoms. The Labute approximate surface area is 129 Å². The van der Waals surface area contributed by atoms with Crippen LogP contribution in [0.3, 0.4) is 0 Å². The lowest BCUT2D eigenvalue weighted by molar-refractivity contribution is -0.136. The second-order valence-electron chi connectivity index (χ2n) is 6.37. The number of nitrogens with two attached hydrogens (primary N) is 1. The predicted molar refractivity (Wildman–Crippen MR) is 86.9 cm³/mol. The van der Waals surface area contributed by atoms with Gasteiger partial charge in [0.2, 0.25) is 11.8 Å². The molecule has 0 rings (SSSR count). The van der Waals surface area contributed by atoms with Crippen molar-refractivity contribution in [1.82, 2.24) is 10.2 Å². The van der Waals surface area contributed by atoms with E-state index in [4.69, 9.17) is 5.73 Å². The van der Waals surface area contributed by atoms with E-state index in [0.29, 0.717) is 26.1 Å². The number of nitrogens with zero attached hydrogens (tertiary/aromatic N) is 1. The standard InChI is InChI=1S/C16H33N3O2/c1-5-11-18-14(20)13-19(12-6-2)15(21)7-8-16(3,4)9-10-17/h5-13,17H2,1-4H3,(H,18,20). The van der Waals surface area contributed by atoms with Gasteiger partial charge in [0.15, 0.2) is 0 Å². The van der Waals surface area contributed by atoms with Gasteiger partial charge in [0.1, 0.15) is 0 Å². The van der Waals surface area contributed by atoms with Gasteiger partial charge in [0.25, 0.3) is 0 Å². The molecule has 5 heteroatoms. The van der Waals surface area contributed by atoms with Crippen molar-refractivity contribution in [2.75, 3.05) is 26.2 Å². The molecule has 0 aliphatic heterocycles. The molecule has 0 aromatic carbocycles. The van der Waals surface area contributed by atoms with E-state index < -0.39 is 0 Å². The molecule has 0 aliphatic rings. The Balaban J connectivity index is 4.38. The quantitative estimate of drug-likeness (QED) is 0.612. The minimum atomic E-state index is -0.0696. The van der Waals surface area contributed by atoms with Gasteiger partial charge >= 0.3 is 0 Å². The van der Waals surface area contributed by atoms with Crippen LogP contribution < -0.4 is 11.1 Å². The highest BCUT2D eigenvalue weighted by Gasteiger charge is 2.21. The summed E-state index contributed by atoms with van der Waals surface area (Å²) in [6.07, 6.45) is 3.96. The van der Waals surface area contributed by atoms with Crippen LogP contribution in [0.1, 0.15) is 59.8 Å². The molecule has 0 aliphatic carbocycles. The van der Waals surface area contributed by atoms with E-state index in [9.17, 15) is 9.59 Å². The monoisotopic (exact) mass is 299 g/mol. The van der Waals surface area contributed by atoms with Gasteiger partial charge in [-0.2, -0.15) is 0 Å². The van der Waals surface area contributed by atoms with Crippen molar-refractivity contribution in [3.8, 4) is 0 Å². The lowest BCUT2D eigenvalue weighted by Gasteiger charge is -2.26. The molecular formula is C16H33N3O2. The Morgan fingerprint density at radius 2 is 1.81 bits per heavy atom. The fourth-order valence-corrected chi connectivity index (χ4v) is 2.17. The first-order valence-corrected chi connectivity index (χ1v) is 8.10. The second kappa shape index (κ2) is 10.6. The van der Waals surface area contributed by atoms with Gasteiger partial charge < -0.3 is 16.0 Å². The summed E-state index contributed by atoms with van der Waals surface area (Å²) >= 11 is 0. The van der Waals surface area contributed by atoms with Gasteiger partial charge in [-0.1, -0.05) is 27.7 Å². The topological polar surface area (TPSA) is 75.4 Å². The number of amides is 2. The van der Waals surface area contributed by atoms with Crippen molar-refractivity contribution in [3.05, 3.63) is 0 Å². The molecule has 0 atom stereocenters. The molecule has 3 N–H and O–H groups in total. The Morgan fingerprint density at radius 3 is 2.33 bits per heavy atom. The number of rotatable bonds is 11. The van der Waals surface area contributed by atoms with Gasteiger partial charge in [0.05, 0.1) is 6.54 Å². The highest BCUT2D eigenvalue weighted by atomic mass is 16.2. The zero-order valence-corrected chi connectivity index (χ0v) is 14.2.